The van der Waals surface area contributed by atoms with Crippen LogP contribution in [0.1, 0.15) is 19.8 Å². The maximum absolute atomic E-state index is 11.5. The van der Waals surface area contributed by atoms with Gasteiger partial charge in [-0.2, -0.15) is 0 Å². The molecule has 1 rings (SSSR count). The van der Waals surface area contributed by atoms with E-state index in [0.29, 0.717) is 5.92 Å². The molecule has 2 atom stereocenters. The summed E-state index contributed by atoms with van der Waals surface area (Å²) in [6.07, 6.45) is 6.35. The van der Waals surface area contributed by atoms with Crippen LogP contribution >= 0.6 is 0 Å². The van der Waals surface area contributed by atoms with Crippen molar-refractivity contribution in [2.75, 3.05) is 14.1 Å². The number of carbonyl (C=O) groups excluding carboxylic acids is 1. The van der Waals surface area contributed by atoms with Crippen LogP contribution in [0.25, 0.3) is 0 Å². The molecule has 0 saturated heterocycles. The highest BCUT2D eigenvalue weighted by Crippen LogP contribution is 2.22. The lowest BCUT2D eigenvalue weighted by Gasteiger charge is -2.22. The molecule has 0 N–H and O–H groups in total. The Morgan fingerprint density at radius 3 is 2.42 bits per heavy atom. The highest BCUT2D eigenvalue weighted by Gasteiger charge is 2.20. The van der Waals surface area contributed by atoms with Gasteiger partial charge in [-0.3, -0.25) is 4.79 Å². The number of hydrogen-bond donors (Lipinski definition) is 0. The molecule has 1 amide bonds. The molecular weight excluding hydrogens is 150 g/mol. The van der Waals surface area contributed by atoms with E-state index in [2.05, 4.69) is 19.1 Å². The summed E-state index contributed by atoms with van der Waals surface area (Å²) in [6, 6.07) is 0. The van der Waals surface area contributed by atoms with Crippen LogP contribution in [0.5, 0.6) is 0 Å². The number of amides is 1. The predicted octanol–water partition coefficient (Wildman–Crippen LogP) is 1.68. The molecule has 0 aromatic rings. The van der Waals surface area contributed by atoms with Gasteiger partial charge < -0.3 is 4.90 Å². The first kappa shape index (κ1) is 9.30. The fourth-order valence-electron chi connectivity index (χ4n) is 1.50. The standard InChI is InChI=1S/C10H17NO/c1-8-4-6-9(7-5-8)10(12)11(2)3/h4,6,8-9H,5,7H2,1-3H3. The van der Waals surface area contributed by atoms with Gasteiger partial charge in [0.2, 0.25) is 5.91 Å². The molecule has 0 fully saturated rings. The van der Waals surface area contributed by atoms with E-state index in [1.54, 1.807) is 4.90 Å². The Bertz CT molecular complexity index is 196. The van der Waals surface area contributed by atoms with E-state index in [1.165, 1.54) is 0 Å². The second-order valence-corrected chi connectivity index (χ2v) is 3.78. The molecule has 0 bridgehead atoms. The van der Waals surface area contributed by atoms with Crippen LogP contribution < -0.4 is 0 Å². The van der Waals surface area contributed by atoms with Crippen molar-refractivity contribution < 1.29 is 4.79 Å². The summed E-state index contributed by atoms with van der Waals surface area (Å²) in [5.41, 5.74) is 0. The minimum Gasteiger partial charge on any atom is -0.348 e. The zero-order valence-electron chi connectivity index (χ0n) is 8.08. The third kappa shape index (κ3) is 2.10. The second kappa shape index (κ2) is 3.74. The largest absolute Gasteiger partial charge is 0.348 e. The topological polar surface area (TPSA) is 20.3 Å². The minimum atomic E-state index is 0.135. The van der Waals surface area contributed by atoms with Crippen molar-refractivity contribution in [2.24, 2.45) is 11.8 Å². The van der Waals surface area contributed by atoms with Crippen LogP contribution in [-0.2, 0) is 4.79 Å². The molecule has 0 spiro atoms. The molecule has 2 nitrogen and oxygen atoms in total. The van der Waals surface area contributed by atoms with Crippen LogP contribution in [0, 0.1) is 11.8 Å². The zero-order valence-corrected chi connectivity index (χ0v) is 8.08. The Hall–Kier alpha value is -0.790. The Labute approximate surface area is 74.2 Å². The molecule has 0 radical (unpaired) electrons. The second-order valence-electron chi connectivity index (χ2n) is 3.78. The van der Waals surface area contributed by atoms with Gasteiger partial charge >= 0.3 is 0 Å². The fraction of sp³-hybridized carbons (Fsp3) is 0.700. The number of hydrogen-bond acceptors (Lipinski definition) is 1. The first-order valence-corrected chi connectivity index (χ1v) is 4.50. The monoisotopic (exact) mass is 167 g/mol. The van der Waals surface area contributed by atoms with Crippen LogP contribution in [0.2, 0.25) is 0 Å². The van der Waals surface area contributed by atoms with Gasteiger partial charge in [-0.25, -0.2) is 0 Å². The molecule has 0 aromatic heterocycles. The molecule has 0 heterocycles. The Kier molecular flexibility index (Phi) is 2.90. The average molecular weight is 167 g/mol. The van der Waals surface area contributed by atoms with Crippen LogP contribution in [0.3, 0.4) is 0 Å². The quantitative estimate of drug-likeness (QED) is 0.544. The third-order valence-corrected chi connectivity index (χ3v) is 2.36. The van der Waals surface area contributed by atoms with Gasteiger partial charge in [0, 0.05) is 14.1 Å². The van der Waals surface area contributed by atoms with E-state index in [0.717, 1.165) is 12.8 Å². The molecule has 0 aliphatic heterocycles. The lowest BCUT2D eigenvalue weighted by atomic mass is 9.89. The van der Waals surface area contributed by atoms with Crippen molar-refractivity contribution in [1.29, 1.82) is 0 Å². The number of rotatable bonds is 1. The van der Waals surface area contributed by atoms with E-state index in [4.69, 9.17) is 0 Å². The molecular formula is C10H17NO. The van der Waals surface area contributed by atoms with E-state index in [9.17, 15) is 4.79 Å². The van der Waals surface area contributed by atoms with Crippen molar-refractivity contribution in [3.05, 3.63) is 12.2 Å². The minimum absolute atomic E-state index is 0.135. The van der Waals surface area contributed by atoms with Gasteiger partial charge in [-0.05, 0) is 18.8 Å². The third-order valence-electron chi connectivity index (χ3n) is 2.36. The van der Waals surface area contributed by atoms with E-state index >= 15 is 0 Å². The zero-order chi connectivity index (χ0) is 9.14. The molecule has 12 heavy (non-hydrogen) atoms. The summed E-state index contributed by atoms with van der Waals surface area (Å²) in [4.78, 5) is 13.2. The number of nitrogens with zero attached hydrogens (tertiary/aromatic N) is 1. The summed E-state index contributed by atoms with van der Waals surface area (Å²) in [7, 11) is 3.63. The fourth-order valence-corrected chi connectivity index (χ4v) is 1.50. The summed E-state index contributed by atoms with van der Waals surface area (Å²) in [6.45, 7) is 2.19. The smallest absolute Gasteiger partial charge is 0.228 e. The average Bonchev–Trinajstić information content (AvgIpc) is 2.04. The molecule has 0 saturated carbocycles. The van der Waals surface area contributed by atoms with Crippen molar-refractivity contribution in [1.82, 2.24) is 4.90 Å². The van der Waals surface area contributed by atoms with Gasteiger partial charge in [0.15, 0.2) is 0 Å². The molecule has 1 aliphatic carbocycles. The van der Waals surface area contributed by atoms with E-state index in [-0.39, 0.29) is 11.8 Å². The number of carbonyl (C=O) groups is 1. The van der Waals surface area contributed by atoms with Gasteiger partial charge in [-0.1, -0.05) is 19.1 Å². The summed E-state index contributed by atoms with van der Waals surface area (Å²) in [5.74, 6) is 1.02. The molecule has 2 heteroatoms. The molecule has 68 valence electrons. The van der Waals surface area contributed by atoms with Crippen LogP contribution in [0.15, 0.2) is 12.2 Å². The van der Waals surface area contributed by atoms with Crippen LogP contribution in [0.4, 0.5) is 0 Å². The van der Waals surface area contributed by atoms with Gasteiger partial charge in [0.05, 0.1) is 5.92 Å². The summed E-state index contributed by atoms with van der Waals surface area (Å²) < 4.78 is 0. The van der Waals surface area contributed by atoms with Crippen molar-refractivity contribution >= 4 is 5.91 Å². The SMILES string of the molecule is CC1C=CC(C(=O)N(C)C)CC1. The van der Waals surface area contributed by atoms with Gasteiger partial charge in [0.25, 0.3) is 0 Å². The van der Waals surface area contributed by atoms with Crippen molar-refractivity contribution in [3.63, 3.8) is 0 Å². The van der Waals surface area contributed by atoms with Crippen molar-refractivity contribution in [2.45, 2.75) is 19.8 Å². The molecule has 2 unspecified atom stereocenters. The van der Waals surface area contributed by atoms with E-state index < -0.39 is 0 Å². The molecule has 0 aromatic carbocycles. The highest BCUT2D eigenvalue weighted by molar-refractivity contribution is 5.80. The normalized spacial score (nSPS) is 28.6. The highest BCUT2D eigenvalue weighted by atomic mass is 16.2. The lowest BCUT2D eigenvalue weighted by Crippen LogP contribution is -2.29. The Morgan fingerprint density at radius 2 is 2.00 bits per heavy atom. The Morgan fingerprint density at radius 1 is 1.33 bits per heavy atom. The first-order valence-electron chi connectivity index (χ1n) is 4.50. The first-order chi connectivity index (χ1) is 5.61. The van der Waals surface area contributed by atoms with E-state index in [1.807, 2.05) is 14.1 Å². The Balaban J connectivity index is 2.55. The number of allylic oxidation sites excluding steroid dienone is 1. The maximum atomic E-state index is 11.5. The van der Waals surface area contributed by atoms with Gasteiger partial charge in [-0.15, -0.1) is 0 Å². The molecule has 1 aliphatic rings. The summed E-state index contributed by atoms with van der Waals surface area (Å²) >= 11 is 0. The lowest BCUT2D eigenvalue weighted by molar-refractivity contribution is -0.131. The van der Waals surface area contributed by atoms with Gasteiger partial charge in [0.1, 0.15) is 0 Å². The van der Waals surface area contributed by atoms with Crippen molar-refractivity contribution in [3.8, 4) is 0 Å². The predicted molar refractivity (Wildman–Crippen MR) is 49.7 cm³/mol. The van der Waals surface area contributed by atoms with Crippen LogP contribution in [-0.4, -0.2) is 24.9 Å². The summed E-state index contributed by atoms with van der Waals surface area (Å²) in [5, 5.41) is 0. The maximum Gasteiger partial charge on any atom is 0.228 e.